The molecule has 1 fully saturated rings. The van der Waals surface area contributed by atoms with Gasteiger partial charge in [0.2, 0.25) is 5.91 Å². The van der Waals surface area contributed by atoms with Crippen LogP contribution in [0.3, 0.4) is 0 Å². The average Bonchev–Trinajstić information content (AvgIpc) is 3.58. The van der Waals surface area contributed by atoms with Crippen molar-refractivity contribution in [1.82, 2.24) is 5.32 Å². The molecule has 1 amide bonds. The van der Waals surface area contributed by atoms with Crippen LogP contribution in [0.15, 0.2) is 60.3 Å². The molecule has 4 rings (SSSR count). The summed E-state index contributed by atoms with van der Waals surface area (Å²) in [5.74, 6) is 0.319. The van der Waals surface area contributed by atoms with E-state index in [0.717, 1.165) is 31.3 Å². The van der Waals surface area contributed by atoms with Gasteiger partial charge in [-0.2, -0.15) is 0 Å². The van der Waals surface area contributed by atoms with Crippen molar-refractivity contribution in [3.05, 3.63) is 60.3 Å². The summed E-state index contributed by atoms with van der Waals surface area (Å²) in [6, 6.07) is -0.0851. The van der Waals surface area contributed by atoms with Crippen LogP contribution in [0, 0.1) is 5.92 Å². The highest BCUT2D eigenvalue weighted by Crippen LogP contribution is 2.34. The third-order valence-electron chi connectivity index (χ3n) is 7.46. The Hall–Kier alpha value is -1.99. The summed E-state index contributed by atoms with van der Waals surface area (Å²) in [6.07, 6.45) is 19.8. The molecule has 0 aliphatic carbocycles. The van der Waals surface area contributed by atoms with E-state index in [-0.39, 0.29) is 42.5 Å². The molecule has 0 aromatic rings. The molecule has 4 heterocycles. The summed E-state index contributed by atoms with van der Waals surface area (Å²) in [6.45, 7) is 9.23. The highest BCUT2D eigenvalue weighted by Gasteiger charge is 2.45. The molecule has 0 radical (unpaired) electrons. The number of carbonyl (C=O) groups excluding carboxylic acids is 1. The Balaban J connectivity index is 1.40. The summed E-state index contributed by atoms with van der Waals surface area (Å²) in [7, 11) is 0. The molecule has 0 aromatic carbocycles. The van der Waals surface area contributed by atoms with Gasteiger partial charge in [0.25, 0.3) is 0 Å². The molecular weight excluding hydrogens is 454 g/mol. The van der Waals surface area contributed by atoms with E-state index in [0.29, 0.717) is 38.2 Å². The fourth-order valence-corrected chi connectivity index (χ4v) is 5.57. The summed E-state index contributed by atoms with van der Waals surface area (Å²) in [5, 5.41) is 13.9. The lowest BCUT2D eigenvalue weighted by atomic mass is 9.91. The Morgan fingerprint density at radius 3 is 2.86 bits per heavy atom. The highest BCUT2D eigenvalue weighted by atomic mass is 16.6. The molecule has 0 spiro atoms. The van der Waals surface area contributed by atoms with Gasteiger partial charge in [0, 0.05) is 6.04 Å². The fourth-order valence-electron chi connectivity index (χ4n) is 5.57. The first-order valence-electron chi connectivity index (χ1n) is 13.6. The predicted octanol–water partition coefficient (Wildman–Crippen LogP) is 4.71. The SMILES string of the molecule is C=C1C[C@H](C)C[C@@H]2CC=C[C@@H](C/C=C/C(=O)N[C@H](C/C=C/[C@@H]3CC(C)=CCO3)C[C@H]3O[C@H]3[C@@H](O)C1)O2. The Kier molecular flexibility index (Phi) is 9.77. The molecule has 8 atom stereocenters. The standard InChI is InChI=1S/C30H43NO5/c1-20-13-14-34-25(16-20)10-4-7-23-19-28-30(36-28)27(32)18-22(3)15-21(2)17-26-11-5-8-24(35-26)9-6-12-29(33)31-23/h4-6,8,10,12-13,21,23-28,30,32H,3,7,9,11,14-19H2,1-2H3,(H,31,33)/b10-4+,12-6+/t21-,23+,24-,25+,26-,27-,28+,30-/m0/s1. The topological polar surface area (TPSA) is 80.3 Å². The summed E-state index contributed by atoms with van der Waals surface area (Å²) in [4.78, 5) is 12.7. The number of hydrogen-bond acceptors (Lipinski definition) is 5. The minimum Gasteiger partial charge on any atom is -0.390 e. The fraction of sp³-hybridized carbons (Fsp3) is 0.633. The second kappa shape index (κ2) is 13.0. The van der Waals surface area contributed by atoms with Gasteiger partial charge < -0.3 is 24.6 Å². The third-order valence-corrected chi connectivity index (χ3v) is 7.46. The number of fused-ring (bicyclic) bond motifs is 3. The average molecular weight is 498 g/mol. The van der Waals surface area contributed by atoms with Crippen molar-refractivity contribution < 1.29 is 24.1 Å². The molecule has 0 saturated carbocycles. The van der Waals surface area contributed by atoms with Gasteiger partial charge in [-0.25, -0.2) is 0 Å². The van der Waals surface area contributed by atoms with Gasteiger partial charge in [0.05, 0.1) is 37.1 Å². The summed E-state index contributed by atoms with van der Waals surface area (Å²) in [5.41, 5.74) is 2.40. The number of ether oxygens (including phenoxy) is 3. The number of nitrogens with one attached hydrogen (secondary N) is 1. The van der Waals surface area contributed by atoms with E-state index in [4.69, 9.17) is 14.2 Å². The van der Waals surface area contributed by atoms with Crippen LogP contribution >= 0.6 is 0 Å². The maximum absolute atomic E-state index is 12.7. The number of epoxide rings is 1. The number of aliphatic hydroxyl groups excluding tert-OH is 1. The highest BCUT2D eigenvalue weighted by molar-refractivity contribution is 5.87. The van der Waals surface area contributed by atoms with Crippen molar-refractivity contribution in [2.24, 2.45) is 5.92 Å². The van der Waals surface area contributed by atoms with E-state index in [2.05, 4.69) is 56.1 Å². The Bertz CT molecular complexity index is 890. The van der Waals surface area contributed by atoms with Gasteiger partial charge in [-0.3, -0.25) is 4.79 Å². The third kappa shape index (κ3) is 8.55. The zero-order valence-corrected chi connectivity index (χ0v) is 21.8. The van der Waals surface area contributed by atoms with E-state index in [1.54, 1.807) is 6.08 Å². The monoisotopic (exact) mass is 497 g/mol. The molecule has 1 saturated heterocycles. The number of aliphatic hydroxyl groups is 1. The van der Waals surface area contributed by atoms with Crippen LogP contribution in [-0.2, 0) is 19.0 Å². The van der Waals surface area contributed by atoms with Gasteiger partial charge >= 0.3 is 0 Å². The summed E-state index contributed by atoms with van der Waals surface area (Å²) >= 11 is 0. The first kappa shape index (κ1) is 27.1. The van der Waals surface area contributed by atoms with Gasteiger partial charge in [-0.05, 0) is 70.3 Å². The van der Waals surface area contributed by atoms with E-state index in [1.165, 1.54) is 5.57 Å². The van der Waals surface area contributed by atoms with E-state index >= 15 is 0 Å². The zero-order chi connectivity index (χ0) is 25.5. The molecule has 0 unspecified atom stereocenters. The van der Waals surface area contributed by atoms with Crippen molar-refractivity contribution in [3.63, 3.8) is 0 Å². The van der Waals surface area contributed by atoms with Gasteiger partial charge in [0.15, 0.2) is 0 Å². The van der Waals surface area contributed by atoms with Crippen molar-refractivity contribution in [1.29, 1.82) is 0 Å². The van der Waals surface area contributed by atoms with Crippen LogP contribution in [0.5, 0.6) is 0 Å². The van der Waals surface area contributed by atoms with Crippen LogP contribution in [-0.4, -0.2) is 60.3 Å². The van der Waals surface area contributed by atoms with Crippen LogP contribution < -0.4 is 5.32 Å². The minimum absolute atomic E-state index is 0.00346. The smallest absolute Gasteiger partial charge is 0.243 e. The number of rotatable bonds is 3. The van der Waals surface area contributed by atoms with E-state index < -0.39 is 6.10 Å². The van der Waals surface area contributed by atoms with Crippen LogP contribution in [0.4, 0.5) is 0 Å². The molecule has 198 valence electrons. The number of hydrogen-bond donors (Lipinski definition) is 2. The largest absolute Gasteiger partial charge is 0.390 e. The zero-order valence-electron chi connectivity index (χ0n) is 21.8. The molecule has 4 aliphatic rings. The predicted molar refractivity (Wildman–Crippen MR) is 141 cm³/mol. The van der Waals surface area contributed by atoms with Gasteiger partial charge in [-0.15, -0.1) is 0 Å². The first-order chi connectivity index (χ1) is 17.4. The van der Waals surface area contributed by atoms with E-state index in [1.807, 2.05) is 6.08 Å². The molecule has 0 aromatic heterocycles. The molecule has 2 bridgehead atoms. The quantitative estimate of drug-likeness (QED) is 0.436. The van der Waals surface area contributed by atoms with Crippen LogP contribution in [0.25, 0.3) is 0 Å². The number of amides is 1. The summed E-state index contributed by atoms with van der Waals surface area (Å²) < 4.78 is 17.9. The molecular formula is C30H43NO5. The molecule has 6 heteroatoms. The van der Waals surface area contributed by atoms with Gasteiger partial charge in [-0.1, -0.05) is 61.1 Å². The second-order valence-corrected chi connectivity index (χ2v) is 11.0. The molecule has 36 heavy (non-hydrogen) atoms. The second-order valence-electron chi connectivity index (χ2n) is 11.0. The Morgan fingerprint density at radius 1 is 1.17 bits per heavy atom. The van der Waals surface area contributed by atoms with E-state index in [9.17, 15) is 9.90 Å². The van der Waals surface area contributed by atoms with Crippen molar-refractivity contribution in [2.45, 2.75) is 108 Å². The molecule has 4 aliphatic heterocycles. The van der Waals surface area contributed by atoms with Gasteiger partial charge in [0.1, 0.15) is 6.10 Å². The van der Waals surface area contributed by atoms with Crippen molar-refractivity contribution >= 4 is 5.91 Å². The lowest BCUT2D eigenvalue weighted by Gasteiger charge is -2.28. The Labute approximate surface area is 216 Å². The van der Waals surface area contributed by atoms with Crippen LogP contribution in [0.2, 0.25) is 0 Å². The molecule has 6 nitrogen and oxygen atoms in total. The van der Waals surface area contributed by atoms with Crippen molar-refractivity contribution in [3.8, 4) is 0 Å². The normalized spacial score (nSPS) is 39.5. The lowest BCUT2D eigenvalue weighted by molar-refractivity contribution is -0.117. The lowest BCUT2D eigenvalue weighted by Crippen LogP contribution is -2.35. The van der Waals surface area contributed by atoms with Crippen molar-refractivity contribution in [2.75, 3.05) is 6.61 Å². The Morgan fingerprint density at radius 2 is 2.03 bits per heavy atom. The first-order valence-corrected chi connectivity index (χ1v) is 13.6. The number of carbonyl (C=O) groups is 1. The maximum Gasteiger partial charge on any atom is 0.243 e. The van der Waals surface area contributed by atoms with Crippen LogP contribution in [0.1, 0.15) is 65.2 Å². The molecule has 2 N–H and O–H groups in total. The minimum atomic E-state index is -0.566. The maximum atomic E-state index is 12.7.